The van der Waals surface area contributed by atoms with Gasteiger partial charge in [0.1, 0.15) is 0 Å². The van der Waals surface area contributed by atoms with Crippen LogP contribution in [-0.2, 0) is 19.5 Å². The van der Waals surface area contributed by atoms with Gasteiger partial charge in [-0.25, -0.2) is 4.68 Å². The Morgan fingerprint density at radius 3 is 2.43 bits per heavy atom. The summed E-state index contributed by atoms with van der Waals surface area (Å²) in [4.78, 5) is 15.5. The molecular formula is C25H30N4O. The molecule has 0 unspecified atom stereocenters. The second kappa shape index (κ2) is 9.26. The highest BCUT2D eigenvalue weighted by Crippen LogP contribution is 2.18. The van der Waals surface area contributed by atoms with Gasteiger partial charge in [-0.3, -0.25) is 9.69 Å². The molecule has 156 valence electrons. The summed E-state index contributed by atoms with van der Waals surface area (Å²) >= 11 is 0. The smallest absolute Gasteiger partial charge is 0.255 e. The average Bonchev–Trinajstić information content (AvgIpc) is 3.43. The molecule has 1 fully saturated rings. The molecule has 0 saturated carbocycles. The molecule has 4 rings (SSSR count). The molecule has 1 amide bonds. The molecule has 1 aliphatic rings. The van der Waals surface area contributed by atoms with E-state index in [1.165, 1.54) is 42.6 Å². The molecule has 1 aliphatic heterocycles. The normalized spacial score (nSPS) is 14.2. The van der Waals surface area contributed by atoms with Gasteiger partial charge in [0.05, 0.1) is 23.1 Å². The van der Waals surface area contributed by atoms with Crippen molar-refractivity contribution >= 4 is 5.91 Å². The maximum Gasteiger partial charge on any atom is 0.255 e. The maximum atomic E-state index is 13.0. The molecule has 3 aromatic rings. The molecule has 1 saturated heterocycles. The van der Waals surface area contributed by atoms with Crippen LogP contribution in [-0.4, -0.2) is 33.7 Å². The Labute approximate surface area is 178 Å². The number of amides is 1. The number of hydrogen-bond donors (Lipinski definition) is 1. The minimum atomic E-state index is -0.0683. The molecule has 0 bridgehead atoms. The van der Waals surface area contributed by atoms with E-state index in [1.54, 1.807) is 6.20 Å². The van der Waals surface area contributed by atoms with E-state index >= 15 is 0 Å². The standard InChI is InChI=1S/C25H30N4O/c1-3-24-23(17-27-29(24)22-12-10-19(2)11-13-22)25(30)26-16-20-8-4-5-9-21(20)18-28-14-6-7-15-28/h4-5,8-13,17H,3,6-7,14-16,18H2,1-2H3,(H,26,30). The summed E-state index contributed by atoms with van der Waals surface area (Å²) in [6, 6.07) is 16.6. The Morgan fingerprint density at radius 1 is 1.03 bits per heavy atom. The quantitative estimate of drug-likeness (QED) is 0.642. The minimum Gasteiger partial charge on any atom is -0.348 e. The molecule has 1 N–H and O–H groups in total. The zero-order valence-electron chi connectivity index (χ0n) is 17.9. The van der Waals surface area contributed by atoms with Gasteiger partial charge in [0.2, 0.25) is 0 Å². The molecule has 1 aromatic heterocycles. The van der Waals surface area contributed by atoms with E-state index in [0.717, 1.165) is 24.3 Å². The maximum absolute atomic E-state index is 13.0. The van der Waals surface area contributed by atoms with Crippen LogP contribution in [0.3, 0.4) is 0 Å². The van der Waals surface area contributed by atoms with Gasteiger partial charge in [0.25, 0.3) is 5.91 Å². The van der Waals surface area contributed by atoms with E-state index in [9.17, 15) is 4.79 Å². The lowest BCUT2D eigenvalue weighted by Gasteiger charge is -2.17. The summed E-state index contributed by atoms with van der Waals surface area (Å²) in [5, 5.41) is 7.62. The Balaban J connectivity index is 1.48. The van der Waals surface area contributed by atoms with E-state index < -0.39 is 0 Å². The van der Waals surface area contributed by atoms with Crippen LogP contribution in [0, 0.1) is 6.92 Å². The number of carbonyl (C=O) groups is 1. The van der Waals surface area contributed by atoms with Crippen molar-refractivity contribution < 1.29 is 4.79 Å². The fourth-order valence-corrected chi connectivity index (χ4v) is 4.15. The number of carbonyl (C=O) groups excluding carboxylic acids is 1. The van der Waals surface area contributed by atoms with Gasteiger partial charge in [-0.1, -0.05) is 48.9 Å². The van der Waals surface area contributed by atoms with E-state index in [1.807, 2.05) is 22.9 Å². The molecule has 2 heterocycles. The van der Waals surface area contributed by atoms with Crippen LogP contribution in [0.4, 0.5) is 0 Å². The topological polar surface area (TPSA) is 50.2 Å². The molecular weight excluding hydrogens is 372 g/mol. The van der Waals surface area contributed by atoms with Crippen molar-refractivity contribution in [2.45, 2.75) is 46.2 Å². The van der Waals surface area contributed by atoms with Crippen molar-refractivity contribution in [3.05, 3.63) is 82.7 Å². The average molecular weight is 403 g/mol. The Hall–Kier alpha value is -2.92. The highest BCUT2D eigenvalue weighted by molar-refractivity contribution is 5.95. The largest absolute Gasteiger partial charge is 0.348 e. The second-order valence-corrected chi connectivity index (χ2v) is 8.04. The van der Waals surface area contributed by atoms with Gasteiger partial charge in [0, 0.05) is 13.1 Å². The Kier molecular flexibility index (Phi) is 6.29. The lowest BCUT2D eigenvalue weighted by atomic mass is 10.1. The first-order valence-corrected chi connectivity index (χ1v) is 10.9. The monoisotopic (exact) mass is 402 g/mol. The fourth-order valence-electron chi connectivity index (χ4n) is 4.15. The highest BCUT2D eigenvalue weighted by atomic mass is 16.1. The number of nitrogens with one attached hydrogen (secondary N) is 1. The molecule has 0 spiro atoms. The van der Waals surface area contributed by atoms with E-state index in [2.05, 4.69) is 59.5 Å². The van der Waals surface area contributed by atoms with Crippen LogP contribution in [0.2, 0.25) is 0 Å². The number of hydrogen-bond acceptors (Lipinski definition) is 3. The number of aryl methyl sites for hydroxylation is 1. The van der Waals surface area contributed by atoms with Gasteiger partial charge in [-0.15, -0.1) is 0 Å². The summed E-state index contributed by atoms with van der Waals surface area (Å²) in [5.74, 6) is -0.0683. The molecule has 0 atom stereocenters. The van der Waals surface area contributed by atoms with Crippen molar-refractivity contribution in [3.63, 3.8) is 0 Å². The number of benzene rings is 2. The summed E-state index contributed by atoms with van der Waals surface area (Å²) < 4.78 is 1.87. The third kappa shape index (κ3) is 4.46. The first-order chi connectivity index (χ1) is 14.7. The zero-order valence-corrected chi connectivity index (χ0v) is 17.9. The number of rotatable bonds is 7. The lowest BCUT2D eigenvalue weighted by molar-refractivity contribution is 0.0950. The number of aromatic nitrogens is 2. The predicted octanol–water partition coefficient (Wildman–Crippen LogP) is 4.27. The van der Waals surface area contributed by atoms with Gasteiger partial charge < -0.3 is 5.32 Å². The molecule has 0 aliphatic carbocycles. The van der Waals surface area contributed by atoms with Crippen LogP contribution in [0.1, 0.15) is 52.5 Å². The predicted molar refractivity (Wildman–Crippen MR) is 120 cm³/mol. The first kappa shape index (κ1) is 20.4. The van der Waals surface area contributed by atoms with Crippen LogP contribution in [0.15, 0.2) is 54.7 Å². The zero-order chi connectivity index (χ0) is 20.9. The van der Waals surface area contributed by atoms with Gasteiger partial charge in [0.15, 0.2) is 0 Å². The first-order valence-electron chi connectivity index (χ1n) is 10.9. The van der Waals surface area contributed by atoms with E-state index in [4.69, 9.17) is 0 Å². The van der Waals surface area contributed by atoms with Crippen LogP contribution < -0.4 is 5.32 Å². The summed E-state index contributed by atoms with van der Waals surface area (Å²) in [6.07, 6.45) is 4.99. The molecule has 30 heavy (non-hydrogen) atoms. The van der Waals surface area contributed by atoms with Crippen molar-refractivity contribution in [2.24, 2.45) is 0 Å². The van der Waals surface area contributed by atoms with Crippen molar-refractivity contribution in [1.82, 2.24) is 20.0 Å². The van der Waals surface area contributed by atoms with Gasteiger partial charge in [-0.05, 0) is 62.5 Å². The van der Waals surface area contributed by atoms with Crippen molar-refractivity contribution in [3.8, 4) is 5.69 Å². The second-order valence-electron chi connectivity index (χ2n) is 8.04. The van der Waals surface area contributed by atoms with Crippen LogP contribution in [0.25, 0.3) is 5.69 Å². The summed E-state index contributed by atoms with van der Waals surface area (Å²) in [6.45, 7) is 7.94. The molecule has 5 nitrogen and oxygen atoms in total. The van der Waals surface area contributed by atoms with Crippen LogP contribution >= 0.6 is 0 Å². The lowest BCUT2D eigenvalue weighted by Crippen LogP contribution is -2.25. The third-order valence-electron chi connectivity index (χ3n) is 5.88. The van der Waals surface area contributed by atoms with Gasteiger partial charge in [-0.2, -0.15) is 5.10 Å². The van der Waals surface area contributed by atoms with Crippen LogP contribution in [0.5, 0.6) is 0 Å². The SMILES string of the molecule is CCc1c(C(=O)NCc2ccccc2CN2CCCC2)cnn1-c1ccc(C)cc1. The third-order valence-corrected chi connectivity index (χ3v) is 5.88. The molecule has 5 heteroatoms. The highest BCUT2D eigenvalue weighted by Gasteiger charge is 2.18. The van der Waals surface area contributed by atoms with Crippen molar-refractivity contribution in [1.29, 1.82) is 0 Å². The number of nitrogens with zero attached hydrogens (tertiary/aromatic N) is 3. The minimum absolute atomic E-state index is 0.0683. The van der Waals surface area contributed by atoms with Crippen molar-refractivity contribution in [2.75, 3.05) is 13.1 Å². The van der Waals surface area contributed by atoms with E-state index in [0.29, 0.717) is 12.1 Å². The number of likely N-dealkylation sites (tertiary alicyclic amines) is 1. The van der Waals surface area contributed by atoms with Gasteiger partial charge >= 0.3 is 0 Å². The fraction of sp³-hybridized carbons (Fsp3) is 0.360. The van der Waals surface area contributed by atoms with E-state index in [-0.39, 0.29) is 5.91 Å². The Morgan fingerprint density at radius 2 is 1.73 bits per heavy atom. The Bertz CT molecular complexity index is 1000. The molecule has 2 aromatic carbocycles. The molecule has 0 radical (unpaired) electrons. The summed E-state index contributed by atoms with van der Waals surface area (Å²) in [5.41, 5.74) is 6.24. The summed E-state index contributed by atoms with van der Waals surface area (Å²) in [7, 11) is 0.